The van der Waals surface area contributed by atoms with Gasteiger partial charge in [0.25, 0.3) is 5.97 Å². The molecule has 0 aromatic rings. The summed E-state index contributed by atoms with van der Waals surface area (Å²) in [6, 6.07) is 0. The lowest BCUT2D eigenvalue weighted by atomic mass is 9.43. The third-order valence-electron chi connectivity index (χ3n) is 12.3. The maximum absolute atomic E-state index is 12.7. The van der Waals surface area contributed by atoms with Crippen molar-refractivity contribution >= 4 is 30.9 Å². The van der Waals surface area contributed by atoms with Crippen LogP contribution < -0.4 is 0 Å². The first kappa shape index (κ1) is 34.9. The van der Waals surface area contributed by atoms with Crippen LogP contribution >= 0.6 is 0 Å². The van der Waals surface area contributed by atoms with Crippen LogP contribution in [0.15, 0.2) is 0 Å². The van der Waals surface area contributed by atoms with Gasteiger partial charge in [0, 0.05) is 12.2 Å². The largest absolute Gasteiger partial charge is 0.520 e. The van der Waals surface area contributed by atoms with Gasteiger partial charge in [0.1, 0.15) is 0 Å². The van der Waals surface area contributed by atoms with Gasteiger partial charge in [-0.05, 0) is 169 Å². The molecule has 0 aliphatic heterocycles. The monoisotopic (exact) mass is 636 g/mol. The topological polar surface area (TPSA) is 44.8 Å². The summed E-state index contributed by atoms with van der Waals surface area (Å²) in [6.45, 7) is 30.5. The van der Waals surface area contributed by atoms with Crippen LogP contribution in [0, 0.1) is 52.3 Å². The fourth-order valence-electron chi connectivity index (χ4n) is 10.6. The zero-order chi connectivity index (χ0) is 31.5. The quantitative estimate of drug-likeness (QED) is 0.224. The zero-order valence-electron chi connectivity index (χ0n) is 29.9. The SMILES string of the molecule is CC(CCC(C)C1CCC2C3C(CCC12C)C1(C)CC[C@@H](O[Si](C)(C)C)C[C@H]1C[C@H]3O[Si](C)(C)C)C(=O)O[Si](C)(C)C. The van der Waals surface area contributed by atoms with Crippen LogP contribution in [-0.2, 0) is 18.1 Å². The van der Waals surface area contributed by atoms with Crippen LogP contribution in [-0.4, -0.2) is 43.1 Å². The van der Waals surface area contributed by atoms with E-state index in [0.29, 0.717) is 34.9 Å². The maximum Gasteiger partial charge on any atom is 0.295 e. The lowest BCUT2D eigenvalue weighted by Crippen LogP contribution is -2.60. The highest BCUT2D eigenvalue weighted by Gasteiger charge is 2.63. The van der Waals surface area contributed by atoms with Crippen LogP contribution in [0.2, 0.25) is 58.9 Å². The standard InChI is InChI=1S/C35H68O4Si3/c1-24(14-15-25(2)33(36)39-42(11,12)13)28-16-17-29-32-30(19-21-35(28,29)4)34(3)20-18-27(37-40(5,6)7)22-26(34)23-31(32)38-41(8,9)10/h24-32H,14-23H2,1-13H3/t24?,25?,26-,27+,28?,29?,30?,31+,32?,34?,35?/m0/s1. The van der Waals surface area contributed by atoms with Crippen LogP contribution in [0.3, 0.4) is 0 Å². The van der Waals surface area contributed by atoms with Crippen molar-refractivity contribution in [2.45, 2.75) is 163 Å². The van der Waals surface area contributed by atoms with Gasteiger partial charge < -0.3 is 13.3 Å². The number of fused-ring (bicyclic) bond motifs is 5. The van der Waals surface area contributed by atoms with Gasteiger partial charge in [-0.3, -0.25) is 4.79 Å². The Morgan fingerprint density at radius 1 is 0.738 bits per heavy atom. The molecule has 4 aliphatic rings. The van der Waals surface area contributed by atoms with E-state index < -0.39 is 25.0 Å². The molecule has 0 spiro atoms. The van der Waals surface area contributed by atoms with Gasteiger partial charge in [-0.1, -0.05) is 27.7 Å². The van der Waals surface area contributed by atoms with Gasteiger partial charge >= 0.3 is 0 Å². The highest BCUT2D eigenvalue weighted by Crippen LogP contribution is 2.69. The van der Waals surface area contributed by atoms with E-state index in [1.165, 1.54) is 51.4 Å². The van der Waals surface area contributed by atoms with E-state index in [4.69, 9.17) is 13.3 Å². The average molecular weight is 637 g/mol. The third-order valence-corrected chi connectivity index (χ3v) is 15.1. The average Bonchev–Trinajstić information content (AvgIpc) is 3.17. The molecule has 11 atom stereocenters. The van der Waals surface area contributed by atoms with E-state index in [1.807, 2.05) is 0 Å². The third kappa shape index (κ3) is 7.70. The minimum atomic E-state index is -1.84. The first-order valence-corrected chi connectivity index (χ1v) is 27.9. The maximum atomic E-state index is 12.7. The van der Waals surface area contributed by atoms with Crippen LogP contribution in [0.1, 0.15) is 91.9 Å². The molecule has 4 nitrogen and oxygen atoms in total. The molecule has 7 heteroatoms. The van der Waals surface area contributed by atoms with E-state index in [0.717, 1.165) is 36.5 Å². The summed E-state index contributed by atoms with van der Waals surface area (Å²) < 4.78 is 19.8. The van der Waals surface area contributed by atoms with Crippen LogP contribution in [0.4, 0.5) is 0 Å². The molecule has 0 radical (unpaired) electrons. The Morgan fingerprint density at radius 2 is 1.33 bits per heavy atom. The van der Waals surface area contributed by atoms with Gasteiger partial charge in [0.15, 0.2) is 16.6 Å². The van der Waals surface area contributed by atoms with Crippen molar-refractivity contribution in [1.82, 2.24) is 0 Å². The van der Waals surface area contributed by atoms with Crippen molar-refractivity contribution in [2.24, 2.45) is 52.3 Å². The van der Waals surface area contributed by atoms with Crippen molar-refractivity contribution in [3.05, 3.63) is 0 Å². The van der Waals surface area contributed by atoms with Crippen molar-refractivity contribution in [1.29, 1.82) is 0 Å². The summed E-state index contributed by atoms with van der Waals surface area (Å²) in [5.74, 6) is 4.42. The molecular weight excluding hydrogens is 569 g/mol. The van der Waals surface area contributed by atoms with Crippen molar-refractivity contribution in [3.8, 4) is 0 Å². The molecule has 4 aliphatic carbocycles. The van der Waals surface area contributed by atoms with Gasteiger partial charge in [-0.25, -0.2) is 0 Å². The Hall–Kier alpha value is 0.0406. The van der Waals surface area contributed by atoms with Gasteiger partial charge in [0.05, 0.1) is 5.92 Å². The second-order valence-electron chi connectivity index (χ2n) is 18.8. The predicted molar refractivity (Wildman–Crippen MR) is 184 cm³/mol. The van der Waals surface area contributed by atoms with E-state index in [-0.39, 0.29) is 11.9 Å². The van der Waals surface area contributed by atoms with Crippen molar-refractivity contribution in [3.63, 3.8) is 0 Å². The highest BCUT2D eigenvalue weighted by molar-refractivity contribution is 6.71. The number of carbonyl (C=O) groups excluding carboxylic acids is 1. The fraction of sp³-hybridized carbons (Fsp3) is 0.971. The molecule has 4 rings (SSSR count). The summed E-state index contributed by atoms with van der Waals surface area (Å²) >= 11 is 0. The fourth-order valence-corrected chi connectivity index (χ4v) is 13.7. The minimum Gasteiger partial charge on any atom is -0.520 e. The Kier molecular flexibility index (Phi) is 10.3. The molecule has 4 saturated carbocycles. The Morgan fingerprint density at radius 3 is 1.93 bits per heavy atom. The number of carbonyl (C=O) groups is 1. The normalized spacial score (nSPS) is 40.5. The summed E-state index contributed by atoms with van der Waals surface area (Å²) in [5.41, 5.74) is 0.825. The minimum absolute atomic E-state index is 0.00438. The van der Waals surface area contributed by atoms with E-state index in [9.17, 15) is 4.79 Å². The summed E-state index contributed by atoms with van der Waals surface area (Å²) in [6.07, 6.45) is 13.5. The van der Waals surface area contributed by atoms with E-state index >= 15 is 0 Å². The zero-order valence-corrected chi connectivity index (χ0v) is 32.9. The molecule has 244 valence electrons. The molecule has 0 aromatic heterocycles. The highest BCUT2D eigenvalue weighted by atomic mass is 28.4. The summed E-state index contributed by atoms with van der Waals surface area (Å²) in [4.78, 5) is 12.7. The van der Waals surface area contributed by atoms with Gasteiger partial charge in [0.2, 0.25) is 8.32 Å². The molecule has 0 saturated heterocycles. The van der Waals surface area contributed by atoms with Crippen LogP contribution in [0.25, 0.3) is 0 Å². The number of hydrogen-bond donors (Lipinski definition) is 0. The first-order valence-electron chi connectivity index (χ1n) is 17.7. The van der Waals surface area contributed by atoms with Crippen LogP contribution in [0.5, 0.6) is 0 Å². The van der Waals surface area contributed by atoms with Gasteiger partial charge in [-0.2, -0.15) is 0 Å². The lowest BCUT2D eigenvalue weighted by molar-refractivity contribution is -0.168. The second kappa shape index (κ2) is 12.3. The second-order valence-corrected chi connectivity index (χ2v) is 32.2. The predicted octanol–water partition coefficient (Wildman–Crippen LogP) is 10.1. The lowest BCUT2D eigenvalue weighted by Gasteiger charge is -2.64. The number of hydrogen-bond acceptors (Lipinski definition) is 4. The Bertz CT molecular complexity index is 951. The summed E-state index contributed by atoms with van der Waals surface area (Å²) in [5, 5.41) is 0. The smallest absolute Gasteiger partial charge is 0.295 e. The molecule has 4 fully saturated rings. The Balaban J connectivity index is 1.51. The molecule has 0 aromatic carbocycles. The van der Waals surface area contributed by atoms with E-state index in [2.05, 4.69) is 86.6 Å². The molecule has 0 N–H and O–H groups in total. The van der Waals surface area contributed by atoms with Crippen molar-refractivity contribution in [2.75, 3.05) is 0 Å². The molecule has 42 heavy (non-hydrogen) atoms. The Labute approximate surface area is 263 Å². The number of rotatable bonds is 10. The summed E-state index contributed by atoms with van der Waals surface area (Å²) in [7, 11) is -5.06. The molecule has 0 amide bonds. The molecule has 0 heterocycles. The first-order chi connectivity index (χ1) is 19.1. The van der Waals surface area contributed by atoms with Gasteiger partial charge in [-0.15, -0.1) is 0 Å². The van der Waals surface area contributed by atoms with Crippen molar-refractivity contribution < 1.29 is 18.1 Å². The molecular formula is C35H68O4Si3. The van der Waals surface area contributed by atoms with E-state index in [1.54, 1.807) is 0 Å². The molecule has 0 bridgehead atoms. The molecule has 8 unspecified atom stereocenters.